The van der Waals surface area contributed by atoms with Gasteiger partial charge in [-0.15, -0.1) is 0 Å². The molecule has 0 fully saturated rings. The topological polar surface area (TPSA) is 48.0 Å². The second-order valence-corrected chi connectivity index (χ2v) is 3.59. The van der Waals surface area contributed by atoms with Crippen LogP contribution in [0, 0.1) is 0 Å². The quantitative estimate of drug-likeness (QED) is 0.718. The molecule has 14 heavy (non-hydrogen) atoms. The van der Waals surface area contributed by atoms with Crippen LogP contribution in [0.3, 0.4) is 0 Å². The molecule has 0 radical (unpaired) electrons. The van der Waals surface area contributed by atoms with Crippen LogP contribution in [0.15, 0.2) is 29.1 Å². The molecule has 0 amide bonds. The Kier molecular flexibility index (Phi) is 1.97. The second kappa shape index (κ2) is 3.03. The summed E-state index contributed by atoms with van der Waals surface area (Å²) in [6.45, 7) is 0. The summed E-state index contributed by atoms with van der Waals surface area (Å²) < 4.78 is 1.54. The van der Waals surface area contributed by atoms with Crippen LogP contribution >= 0.6 is 11.6 Å². The lowest BCUT2D eigenvalue weighted by atomic mass is 10.2. The summed E-state index contributed by atoms with van der Waals surface area (Å²) in [5, 5.41) is 1.42. The molecule has 0 atom stereocenters. The third-order valence-electron chi connectivity index (χ3n) is 2.24. The van der Waals surface area contributed by atoms with Gasteiger partial charge in [0.2, 0.25) is 0 Å². The van der Waals surface area contributed by atoms with Crippen molar-refractivity contribution in [2.45, 2.75) is 0 Å². The van der Waals surface area contributed by atoms with Crippen molar-refractivity contribution >= 4 is 28.2 Å². The zero-order valence-electron chi connectivity index (χ0n) is 7.62. The Labute approximate surface area is 85.7 Å². The summed E-state index contributed by atoms with van der Waals surface area (Å²) >= 11 is 5.84. The van der Waals surface area contributed by atoms with Crippen molar-refractivity contribution in [3.63, 3.8) is 0 Å². The summed E-state index contributed by atoms with van der Waals surface area (Å²) in [7, 11) is 1.71. The Morgan fingerprint density at radius 1 is 1.36 bits per heavy atom. The van der Waals surface area contributed by atoms with E-state index in [2.05, 4.69) is 0 Å². The average Bonchev–Trinajstić information content (AvgIpc) is 2.14. The van der Waals surface area contributed by atoms with Crippen LogP contribution in [0.1, 0.15) is 0 Å². The molecule has 0 aliphatic heterocycles. The van der Waals surface area contributed by atoms with Crippen molar-refractivity contribution < 1.29 is 0 Å². The number of hydrogen-bond acceptors (Lipinski definition) is 2. The molecule has 1 aromatic carbocycles. The predicted molar refractivity (Wildman–Crippen MR) is 58.6 cm³/mol. The molecule has 1 aromatic heterocycles. The second-order valence-electron chi connectivity index (χ2n) is 3.16. The van der Waals surface area contributed by atoms with Crippen LogP contribution in [0.2, 0.25) is 5.02 Å². The Balaban J connectivity index is 3.02. The first-order valence-corrected chi connectivity index (χ1v) is 4.52. The summed E-state index contributed by atoms with van der Waals surface area (Å²) in [5.41, 5.74) is 6.86. The van der Waals surface area contributed by atoms with Gasteiger partial charge in [-0.2, -0.15) is 0 Å². The highest BCUT2D eigenvalue weighted by molar-refractivity contribution is 6.31. The van der Waals surface area contributed by atoms with E-state index < -0.39 is 0 Å². The number of halogens is 1. The number of aromatic nitrogens is 1. The molecule has 0 aliphatic rings. The minimum Gasteiger partial charge on any atom is -0.398 e. The van der Waals surface area contributed by atoms with E-state index in [0.717, 1.165) is 10.9 Å². The summed E-state index contributed by atoms with van der Waals surface area (Å²) in [5.74, 6) is 0. The molecule has 1 heterocycles. The molecular weight excluding hydrogens is 200 g/mol. The van der Waals surface area contributed by atoms with E-state index in [1.54, 1.807) is 29.8 Å². The van der Waals surface area contributed by atoms with Crippen molar-refractivity contribution in [3.8, 4) is 0 Å². The zero-order valence-corrected chi connectivity index (χ0v) is 8.38. The number of rotatable bonds is 0. The summed E-state index contributed by atoms with van der Waals surface area (Å²) in [6.07, 6.45) is 0. The highest BCUT2D eigenvalue weighted by Crippen LogP contribution is 2.22. The predicted octanol–water partition coefficient (Wildman–Crippen LogP) is 1.77. The van der Waals surface area contributed by atoms with Gasteiger partial charge < -0.3 is 10.3 Å². The lowest BCUT2D eigenvalue weighted by Gasteiger charge is -2.06. The van der Waals surface area contributed by atoms with Gasteiger partial charge in [-0.1, -0.05) is 11.6 Å². The van der Waals surface area contributed by atoms with Crippen molar-refractivity contribution in [2.24, 2.45) is 7.05 Å². The highest BCUT2D eigenvalue weighted by Gasteiger charge is 2.03. The smallest absolute Gasteiger partial charge is 0.252 e. The standard InChI is InChI=1S/C10H9ClN2O/c1-13-9-3-2-6(11)4-7(9)8(12)5-10(13)14/h2-5H,12H2,1H3. The number of benzene rings is 1. The van der Waals surface area contributed by atoms with E-state index in [9.17, 15) is 4.79 Å². The molecule has 2 aromatic rings. The van der Waals surface area contributed by atoms with E-state index in [-0.39, 0.29) is 5.56 Å². The number of aryl methyl sites for hydroxylation is 1. The third kappa shape index (κ3) is 1.26. The van der Waals surface area contributed by atoms with Gasteiger partial charge in [0.25, 0.3) is 5.56 Å². The molecule has 4 heteroatoms. The third-order valence-corrected chi connectivity index (χ3v) is 2.48. The monoisotopic (exact) mass is 208 g/mol. The molecule has 3 nitrogen and oxygen atoms in total. The Morgan fingerprint density at radius 3 is 2.79 bits per heavy atom. The van der Waals surface area contributed by atoms with E-state index in [1.165, 1.54) is 6.07 Å². The number of nitrogens with two attached hydrogens (primary N) is 1. The van der Waals surface area contributed by atoms with Gasteiger partial charge in [-0.3, -0.25) is 4.79 Å². The van der Waals surface area contributed by atoms with Gasteiger partial charge >= 0.3 is 0 Å². The number of pyridine rings is 1. The highest BCUT2D eigenvalue weighted by atomic mass is 35.5. The number of nitrogens with zero attached hydrogens (tertiary/aromatic N) is 1. The molecule has 0 saturated carbocycles. The van der Waals surface area contributed by atoms with Crippen LogP contribution in [-0.4, -0.2) is 4.57 Å². The fourth-order valence-corrected chi connectivity index (χ4v) is 1.63. The maximum atomic E-state index is 11.4. The molecule has 0 spiro atoms. The zero-order chi connectivity index (χ0) is 10.3. The van der Waals surface area contributed by atoms with E-state index >= 15 is 0 Å². The largest absolute Gasteiger partial charge is 0.398 e. The van der Waals surface area contributed by atoms with E-state index in [4.69, 9.17) is 17.3 Å². The lowest BCUT2D eigenvalue weighted by Crippen LogP contribution is -2.16. The molecule has 0 bridgehead atoms. The van der Waals surface area contributed by atoms with Crippen LogP contribution in [-0.2, 0) is 7.05 Å². The first-order chi connectivity index (χ1) is 6.59. The SMILES string of the molecule is Cn1c(=O)cc(N)c2cc(Cl)ccc21. The van der Waals surface area contributed by atoms with Crippen molar-refractivity contribution in [1.82, 2.24) is 4.57 Å². The average molecular weight is 209 g/mol. The maximum Gasteiger partial charge on any atom is 0.252 e. The fourth-order valence-electron chi connectivity index (χ4n) is 1.46. The van der Waals surface area contributed by atoms with Crippen LogP contribution in [0.25, 0.3) is 10.9 Å². The number of nitrogen functional groups attached to an aromatic ring is 1. The van der Waals surface area contributed by atoms with Gasteiger partial charge in [-0.25, -0.2) is 0 Å². The summed E-state index contributed by atoms with van der Waals surface area (Å²) in [4.78, 5) is 11.4. The number of fused-ring (bicyclic) bond motifs is 1. The van der Waals surface area contributed by atoms with Gasteiger partial charge in [0, 0.05) is 29.2 Å². The Hall–Kier alpha value is -1.48. The molecule has 0 saturated heterocycles. The van der Waals surface area contributed by atoms with Crippen molar-refractivity contribution in [3.05, 3.63) is 39.6 Å². The van der Waals surface area contributed by atoms with E-state index in [0.29, 0.717) is 10.7 Å². The van der Waals surface area contributed by atoms with Crippen molar-refractivity contribution in [2.75, 3.05) is 5.73 Å². The molecule has 72 valence electrons. The summed E-state index contributed by atoms with van der Waals surface area (Å²) in [6, 6.07) is 6.68. The van der Waals surface area contributed by atoms with Gasteiger partial charge in [0.1, 0.15) is 0 Å². The Morgan fingerprint density at radius 2 is 2.07 bits per heavy atom. The van der Waals surface area contributed by atoms with Gasteiger partial charge in [0.05, 0.1) is 5.52 Å². The molecule has 0 unspecified atom stereocenters. The minimum absolute atomic E-state index is 0.114. The normalized spacial score (nSPS) is 10.7. The fraction of sp³-hybridized carbons (Fsp3) is 0.100. The van der Waals surface area contributed by atoms with E-state index in [1.807, 2.05) is 0 Å². The maximum absolute atomic E-state index is 11.4. The number of anilines is 1. The Bertz CT molecular complexity index is 560. The van der Waals surface area contributed by atoms with Gasteiger partial charge in [-0.05, 0) is 18.2 Å². The lowest BCUT2D eigenvalue weighted by molar-refractivity contribution is 0.907. The van der Waals surface area contributed by atoms with Crippen LogP contribution in [0.4, 0.5) is 5.69 Å². The van der Waals surface area contributed by atoms with Gasteiger partial charge in [0.15, 0.2) is 0 Å². The van der Waals surface area contributed by atoms with Crippen LogP contribution < -0.4 is 11.3 Å². The number of hydrogen-bond donors (Lipinski definition) is 1. The minimum atomic E-state index is -0.114. The molecule has 2 rings (SSSR count). The van der Waals surface area contributed by atoms with Crippen molar-refractivity contribution in [1.29, 1.82) is 0 Å². The first-order valence-electron chi connectivity index (χ1n) is 4.14. The molecule has 2 N–H and O–H groups in total. The first kappa shape index (κ1) is 9.09. The molecule has 0 aliphatic carbocycles. The molecular formula is C10H9ClN2O. The van der Waals surface area contributed by atoms with Crippen LogP contribution in [0.5, 0.6) is 0 Å².